The molecule has 0 radical (unpaired) electrons. The Labute approximate surface area is 130 Å². The Balaban J connectivity index is 1.92. The van der Waals surface area contributed by atoms with Gasteiger partial charge in [0.25, 0.3) is 0 Å². The number of aromatic nitrogens is 2. The molecule has 0 amide bonds. The molecule has 2 aromatic heterocycles. The van der Waals surface area contributed by atoms with E-state index in [-0.39, 0.29) is 6.10 Å². The standard InChI is InChI=1S/C18H19N3O/c1-19-9-8-17(14-5-10-20-11-6-14)22-18-4-2-3-15-13-21-12-7-16(15)18/h2-7,10-13,17,19H,8-9H2,1H3. The van der Waals surface area contributed by atoms with Gasteiger partial charge in [-0.3, -0.25) is 9.97 Å². The Kier molecular flexibility index (Phi) is 4.61. The fraction of sp³-hybridized carbons (Fsp3) is 0.222. The topological polar surface area (TPSA) is 47.0 Å². The van der Waals surface area contributed by atoms with E-state index in [9.17, 15) is 0 Å². The molecule has 4 heteroatoms. The number of hydrogen-bond donors (Lipinski definition) is 1. The Morgan fingerprint density at radius 2 is 1.86 bits per heavy atom. The van der Waals surface area contributed by atoms with Gasteiger partial charge < -0.3 is 10.1 Å². The molecule has 3 rings (SSSR count). The minimum atomic E-state index is -0.00536. The van der Waals surface area contributed by atoms with Crippen LogP contribution in [0.25, 0.3) is 10.8 Å². The van der Waals surface area contributed by atoms with Crippen molar-refractivity contribution in [2.45, 2.75) is 12.5 Å². The maximum Gasteiger partial charge on any atom is 0.128 e. The lowest BCUT2D eigenvalue weighted by atomic mass is 10.1. The summed E-state index contributed by atoms with van der Waals surface area (Å²) < 4.78 is 6.32. The molecule has 112 valence electrons. The molecule has 0 aliphatic carbocycles. The van der Waals surface area contributed by atoms with Crippen LogP contribution < -0.4 is 10.1 Å². The fourth-order valence-electron chi connectivity index (χ4n) is 2.50. The molecular weight excluding hydrogens is 274 g/mol. The smallest absolute Gasteiger partial charge is 0.128 e. The minimum Gasteiger partial charge on any atom is -0.485 e. The van der Waals surface area contributed by atoms with Crippen LogP contribution in [0.1, 0.15) is 18.1 Å². The predicted octanol–water partition coefficient (Wildman–Crippen LogP) is 3.36. The van der Waals surface area contributed by atoms with Gasteiger partial charge in [-0.1, -0.05) is 12.1 Å². The molecule has 0 saturated heterocycles. The molecule has 3 aromatic rings. The third-order valence-corrected chi connectivity index (χ3v) is 3.64. The van der Waals surface area contributed by atoms with Crippen LogP contribution in [-0.4, -0.2) is 23.6 Å². The first-order chi connectivity index (χ1) is 10.9. The van der Waals surface area contributed by atoms with Gasteiger partial charge in [-0.15, -0.1) is 0 Å². The third kappa shape index (κ3) is 3.23. The normalized spacial score (nSPS) is 12.2. The van der Waals surface area contributed by atoms with Gasteiger partial charge in [-0.2, -0.15) is 0 Å². The second kappa shape index (κ2) is 7.00. The molecule has 0 saturated carbocycles. The first-order valence-corrected chi connectivity index (χ1v) is 7.42. The fourth-order valence-corrected chi connectivity index (χ4v) is 2.50. The van der Waals surface area contributed by atoms with E-state index in [2.05, 4.69) is 15.3 Å². The highest BCUT2D eigenvalue weighted by Gasteiger charge is 2.14. The van der Waals surface area contributed by atoms with Crippen molar-refractivity contribution in [3.63, 3.8) is 0 Å². The third-order valence-electron chi connectivity index (χ3n) is 3.64. The Bertz CT molecular complexity index is 725. The van der Waals surface area contributed by atoms with Crippen molar-refractivity contribution in [2.24, 2.45) is 0 Å². The number of nitrogens with zero attached hydrogens (tertiary/aromatic N) is 2. The summed E-state index contributed by atoms with van der Waals surface area (Å²) in [6.45, 7) is 0.888. The van der Waals surface area contributed by atoms with Crippen molar-refractivity contribution in [3.05, 3.63) is 66.7 Å². The van der Waals surface area contributed by atoms with Gasteiger partial charge in [-0.25, -0.2) is 0 Å². The van der Waals surface area contributed by atoms with Crippen LogP contribution in [0.3, 0.4) is 0 Å². The Hall–Kier alpha value is -2.46. The Morgan fingerprint density at radius 3 is 2.68 bits per heavy atom. The summed E-state index contributed by atoms with van der Waals surface area (Å²) >= 11 is 0. The van der Waals surface area contributed by atoms with Crippen LogP contribution in [0.5, 0.6) is 5.75 Å². The molecule has 0 fully saturated rings. The summed E-state index contributed by atoms with van der Waals surface area (Å²) in [5.41, 5.74) is 1.14. The zero-order valence-corrected chi connectivity index (χ0v) is 12.6. The van der Waals surface area contributed by atoms with Gasteiger partial charge in [0.05, 0.1) is 0 Å². The summed E-state index contributed by atoms with van der Waals surface area (Å²) in [5, 5.41) is 5.35. The molecule has 1 unspecified atom stereocenters. The molecule has 0 aliphatic heterocycles. The summed E-state index contributed by atoms with van der Waals surface area (Å²) in [7, 11) is 1.95. The van der Waals surface area contributed by atoms with Gasteiger partial charge in [0.15, 0.2) is 0 Å². The summed E-state index contributed by atoms with van der Waals surface area (Å²) in [6.07, 6.45) is 8.15. The van der Waals surface area contributed by atoms with Crippen molar-refractivity contribution >= 4 is 10.8 Å². The van der Waals surface area contributed by atoms with Crippen LogP contribution in [0, 0.1) is 0 Å². The van der Waals surface area contributed by atoms with E-state index >= 15 is 0 Å². The number of hydrogen-bond acceptors (Lipinski definition) is 4. The first kappa shape index (κ1) is 14.5. The van der Waals surface area contributed by atoms with Crippen molar-refractivity contribution in [1.29, 1.82) is 0 Å². The number of benzene rings is 1. The van der Waals surface area contributed by atoms with Crippen LogP contribution in [0.2, 0.25) is 0 Å². The van der Waals surface area contributed by atoms with Crippen molar-refractivity contribution in [2.75, 3.05) is 13.6 Å². The average Bonchev–Trinajstić information content (AvgIpc) is 2.59. The largest absolute Gasteiger partial charge is 0.485 e. The number of pyridine rings is 2. The van der Waals surface area contributed by atoms with Gasteiger partial charge in [0, 0.05) is 42.0 Å². The maximum atomic E-state index is 6.32. The summed E-state index contributed by atoms with van der Waals surface area (Å²) in [4.78, 5) is 8.25. The van der Waals surface area contributed by atoms with E-state index in [4.69, 9.17) is 4.74 Å². The number of ether oxygens (including phenoxy) is 1. The summed E-state index contributed by atoms with van der Waals surface area (Å²) in [6, 6.07) is 12.1. The zero-order valence-electron chi connectivity index (χ0n) is 12.6. The van der Waals surface area contributed by atoms with E-state index < -0.39 is 0 Å². The monoisotopic (exact) mass is 293 g/mol. The van der Waals surface area contributed by atoms with Crippen molar-refractivity contribution in [3.8, 4) is 5.75 Å². The molecule has 0 spiro atoms. The van der Waals surface area contributed by atoms with E-state index in [1.807, 2.05) is 49.6 Å². The van der Waals surface area contributed by atoms with Crippen LogP contribution >= 0.6 is 0 Å². The van der Waals surface area contributed by atoms with Crippen LogP contribution in [0.4, 0.5) is 0 Å². The maximum absolute atomic E-state index is 6.32. The highest BCUT2D eigenvalue weighted by molar-refractivity contribution is 5.87. The zero-order chi connectivity index (χ0) is 15.2. The van der Waals surface area contributed by atoms with Crippen LogP contribution in [-0.2, 0) is 0 Å². The predicted molar refractivity (Wildman–Crippen MR) is 87.9 cm³/mol. The SMILES string of the molecule is CNCCC(Oc1cccc2cnccc12)c1ccncc1. The Morgan fingerprint density at radius 1 is 1.05 bits per heavy atom. The van der Waals surface area contributed by atoms with Gasteiger partial charge in [0.2, 0.25) is 0 Å². The molecule has 2 heterocycles. The molecule has 1 aromatic carbocycles. The first-order valence-electron chi connectivity index (χ1n) is 7.42. The van der Waals surface area contributed by atoms with E-state index in [1.54, 1.807) is 18.6 Å². The number of fused-ring (bicyclic) bond motifs is 1. The quantitative estimate of drug-likeness (QED) is 0.757. The van der Waals surface area contributed by atoms with Crippen molar-refractivity contribution in [1.82, 2.24) is 15.3 Å². The molecule has 0 bridgehead atoms. The van der Waals surface area contributed by atoms with Crippen LogP contribution in [0.15, 0.2) is 61.2 Å². The lowest BCUT2D eigenvalue weighted by molar-refractivity contribution is 0.197. The van der Waals surface area contributed by atoms with Gasteiger partial charge in [-0.05, 0) is 43.4 Å². The lowest BCUT2D eigenvalue weighted by Crippen LogP contribution is -2.16. The second-order valence-corrected chi connectivity index (χ2v) is 5.13. The highest BCUT2D eigenvalue weighted by atomic mass is 16.5. The molecule has 22 heavy (non-hydrogen) atoms. The van der Waals surface area contributed by atoms with E-state index in [1.165, 1.54) is 0 Å². The molecule has 0 aliphatic rings. The molecule has 1 N–H and O–H groups in total. The number of rotatable bonds is 6. The average molecular weight is 293 g/mol. The highest BCUT2D eigenvalue weighted by Crippen LogP contribution is 2.30. The summed E-state index contributed by atoms with van der Waals surface area (Å²) in [5.74, 6) is 0.887. The van der Waals surface area contributed by atoms with E-state index in [0.29, 0.717) is 0 Å². The second-order valence-electron chi connectivity index (χ2n) is 5.13. The lowest BCUT2D eigenvalue weighted by Gasteiger charge is -2.20. The molecule has 4 nitrogen and oxygen atoms in total. The minimum absolute atomic E-state index is 0.00536. The van der Waals surface area contributed by atoms with Crippen molar-refractivity contribution < 1.29 is 4.74 Å². The number of nitrogens with one attached hydrogen (secondary N) is 1. The van der Waals surface area contributed by atoms with Gasteiger partial charge >= 0.3 is 0 Å². The van der Waals surface area contributed by atoms with E-state index in [0.717, 1.165) is 35.1 Å². The van der Waals surface area contributed by atoms with Gasteiger partial charge in [0.1, 0.15) is 11.9 Å². The molecule has 1 atom stereocenters. The molecular formula is C18H19N3O.